The fraction of sp³-hybridized carbons (Fsp3) is 0.250. The highest BCUT2D eigenvalue weighted by atomic mass is 79.9. The van der Waals surface area contributed by atoms with E-state index in [9.17, 15) is 0 Å². The fourth-order valence-electron chi connectivity index (χ4n) is 1.05. The summed E-state index contributed by atoms with van der Waals surface area (Å²) < 4.78 is 11.6. The van der Waals surface area contributed by atoms with E-state index in [0.717, 1.165) is 10.2 Å². The molecular formula is C8H7Br2N3O2. The summed E-state index contributed by atoms with van der Waals surface area (Å²) in [5.74, 6) is 1.46. The molecule has 5 nitrogen and oxygen atoms in total. The third-order valence-corrected chi connectivity index (χ3v) is 3.40. The maximum Gasteiger partial charge on any atom is 0.213 e. The van der Waals surface area contributed by atoms with Crippen molar-refractivity contribution in [2.24, 2.45) is 0 Å². The minimum absolute atomic E-state index is 0.548. The molecule has 2 aromatic heterocycles. The van der Waals surface area contributed by atoms with Crippen molar-refractivity contribution in [3.05, 3.63) is 33.2 Å². The summed E-state index contributed by atoms with van der Waals surface area (Å²) in [5, 5.41) is 6.80. The number of hydrogen-bond donors (Lipinski definition) is 1. The zero-order valence-corrected chi connectivity index (χ0v) is 10.7. The summed E-state index contributed by atoms with van der Waals surface area (Å²) >= 11 is 6.60. The van der Waals surface area contributed by atoms with Crippen LogP contribution in [0.15, 0.2) is 30.5 Å². The van der Waals surface area contributed by atoms with Gasteiger partial charge in [0.1, 0.15) is 5.76 Å². The maximum absolute atomic E-state index is 5.38. The molecule has 1 N–H and O–H groups in total. The van der Waals surface area contributed by atoms with Crippen LogP contribution in [0.25, 0.3) is 0 Å². The van der Waals surface area contributed by atoms with Gasteiger partial charge in [0.25, 0.3) is 0 Å². The van der Waals surface area contributed by atoms with Gasteiger partial charge in [-0.05, 0) is 37.9 Å². The highest BCUT2D eigenvalue weighted by Gasteiger charge is 2.05. The molecule has 2 aromatic rings. The Labute approximate surface area is 102 Å². The molecular weight excluding hydrogens is 330 g/mol. The van der Waals surface area contributed by atoms with Crippen LogP contribution in [0.4, 0.5) is 0 Å². The standard InChI is InChI=1S/C8H7Br2N3O2/c9-6-1-5(15-8(6)10)2-11-3-7-12-4-14-13-7/h1,4,11H,2-3H2. The van der Waals surface area contributed by atoms with Crippen molar-refractivity contribution in [3.63, 3.8) is 0 Å². The lowest BCUT2D eigenvalue weighted by Crippen LogP contribution is -2.13. The number of furan rings is 1. The molecule has 0 aliphatic heterocycles. The minimum Gasteiger partial charge on any atom is -0.452 e. The van der Waals surface area contributed by atoms with Gasteiger partial charge in [-0.15, -0.1) is 0 Å². The van der Waals surface area contributed by atoms with E-state index >= 15 is 0 Å². The van der Waals surface area contributed by atoms with Gasteiger partial charge < -0.3 is 14.3 Å². The van der Waals surface area contributed by atoms with Crippen LogP contribution >= 0.6 is 31.9 Å². The largest absolute Gasteiger partial charge is 0.452 e. The second-order valence-electron chi connectivity index (χ2n) is 2.79. The molecule has 0 bridgehead atoms. The van der Waals surface area contributed by atoms with Gasteiger partial charge in [-0.2, -0.15) is 4.98 Å². The average Bonchev–Trinajstić information content (AvgIpc) is 2.79. The van der Waals surface area contributed by atoms with Crippen LogP contribution in [0.5, 0.6) is 0 Å². The molecule has 15 heavy (non-hydrogen) atoms. The van der Waals surface area contributed by atoms with Crippen LogP contribution in [0.2, 0.25) is 0 Å². The Bertz CT molecular complexity index is 408. The predicted octanol–water partition coefficient (Wildman–Crippen LogP) is 2.48. The van der Waals surface area contributed by atoms with E-state index in [1.165, 1.54) is 6.39 Å². The van der Waals surface area contributed by atoms with Gasteiger partial charge in [-0.1, -0.05) is 5.16 Å². The first-order chi connectivity index (χ1) is 7.25. The van der Waals surface area contributed by atoms with Crippen LogP contribution in [0, 0.1) is 0 Å². The quantitative estimate of drug-likeness (QED) is 0.929. The third-order valence-electron chi connectivity index (χ3n) is 1.69. The Morgan fingerprint density at radius 2 is 2.20 bits per heavy atom. The molecule has 0 unspecified atom stereocenters. The zero-order chi connectivity index (χ0) is 10.7. The summed E-state index contributed by atoms with van der Waals surface area (Å²) in [6, 6.07) is 1.90. The number of halogens is 2. The van der Waals surface area contributed by atoms with E-state index in [2.05, 4.69) is 51.8 Å². The van der Waals surface area contributed by atoms with Gasteiger partial charge in [-0.3, -0.25) is 0 Å². The van der Waals surface area contributed by atoms with Crippen LogP contribution in [0.1, 0.15) is 11.6 Å². The van der Waals surface area contributed by atoms with E-state index in [1.807, 2.05) is 6.07 Å². The molecule has 0 amide bonds. The van der Waals surface area contributed by atoms with Crippen LogP contribution in [-0.4, -0.2) is 10.1 Å². The summed E-state index contributed by atoms with van der Waals surface area (Å²) in [6.07, 6.45) is 1.30. The molecule has 0 spiro atoms. The molecule has 2 heterocycles. The number of nitrogens with zero attached hydrogens (tertiary/aromatic N) is 2. The van der Waals surface area contributed by atoms with Crippen LogP contribution in [-0.2, 0) is 13.1 Å². The minimum atomic E-state index is 0.548. The molecule has 2 rings (SSSR count). The second-order valence-corrected chi connectivity index (χ2v) is 4.36. The molecule has 0 fully saturated rings. The Morgan fingerprint density at radius 1 is 1.33 bits per heavy atom. The summed E-state index contributed by atoms with van der Waals surface area (Å²) in [6.45, 7) is 1.16. The first-order valence-electron chi connectivity index (χ1n) is 4.15. The van der Waals surface area contributed by atoms with Crippen molar-refractivity contribution >= 4 is 31.9 Å². The van der Waals surface area contributed by atoms with Gasteiger partial charge in [0, 0.05) is 0 Å². The lowest BCUT2D eigenvalue weighted by atomic mass is 10.4. The monoisotopic (exact) mass is 335 g/mol. The van der Waals surface area contributed by atoms with E-state index in [4.69, 9.17) is 4.42 Å². The zero-order valence-electron chi connectivity index (χ0n) is 7.54. The summed E-state index contributed by atoms with van der Waals surface area (Å²) in [5.41, 5.74) is 0. The van der Waals surface area contributed by atoms with Crippen molar-refractivity contribution in [3.8, 4) is 0 Å². The Balaban J connectivity index is 1.83. The molecule has 0 atom stereocenters. The highest BCUT2D eigenvalue weighted by Crippen LogP contribution is 2.26. The number of aromatic nitrogens is 2. The van der Waals surface area contributed by atoms with Crippen LogP contribution < -0.4 is 5.32 Å². The van der Waals surface area contributed by atoms with Crippen LogP contribution in [0.3, 0.4) is 0 Å². The predicted molar refractivity (Wildman–Crippen MR) is 58.9 cm³/mol. The molecule has 0 aliphatic carbocycles. The lowest BCUT2D eigenvalue weighted by molar-refractivity contribution is 0.405. The molecule has 7 heteroatoms. The topological polar surface area (TPSA) is 64.1 Å². The Hall–Kier alpha value is -0.660. The summed E-state index contributed by atoms with van der Waals surface area (Å²) in [7, 11) is 0. The van der Waals surface area contributed by atoms with Gasteiger partial charge in [0.15, 0.2) is 10.5 Å². The van der Waals surface area contributed by atoms with Gasteiger partial charge in [0.2, 0.25) is 6.39 Å². The van der Waals surface area contributed by atoms with E-state index in [0.29, 0.717) is 23.6 Å². The Morgan fingerprint density at radius 3 is 2.80 bits per heavy atom. The maximum atomic E-state index is 5.38. The lowest BCUT2D eigenvalue weighted by Gasteiger charge is -1.97. The van der Waals surface area contributed by atoms with Crippen molar-refractivity contribution in [1.82, 2.24) is 15.5 Å². The molecule has 0 saturated heterocycles. The van der Waals surface area contributed by atoms with Gasteiger partial charge in [0.05, 0.1) is 17.6 Å². The van der Waals surface area contributed by atoms with Crippen molar-refractivity contribution in [2.75, 3.05) is 0 Å². The first-order valence-corrected chi connectivity index (χ1v) is 5.74. The van der Waals surface area contributed by atoms with Crippen molar-refractivity contribution in [2.45, 2.75) is 13.1 Å². The average molecular weight is 337 g/mol. The number of rotatable bonds is 4. The van der Waals surface area contributed by atoms with Crippen molar-refractivity contribution < 1.29 is 8.94 Å². The van der Waals surface area contributed by atoms with E-state index < -0.39 is 0 Å². The van der Waals surface area contributed by atoms with E-state index in [-0.39, 0.29) is 0 Å². The second kappa shape index (κ2) is 4.91. The molecule has 0 saturated carbocycles. The molecule has 0 aromatic carbocycles. The van der Waals surface area contributed by atoms with Gasteiger partial charge in [-0.25, -0.2) is 0 Å². The van der Waals surface area contributed by atoms with E-state index in [1.54, 1.807) is 0 Å². The number of nitrogens with one attached hydrogen (secondary N) is 1. The Kier molecular flexibility index (Phi) is 3.55. The molecule has 0 radical (unpaired) electrons. The highest BCUT2D eigenvalue weighted by molar-refractivity contribution is 9.13. The molecule has 80 valence electrons. The first kappa shape index (κ1) is 10.8. The van der Waals surface area contributed by atoms with Crippen molar-refractivity contribution in [1.29, 1.82) is 0 Å². The van der Waals surface area contributed by atoms with Gasteiger partial charge >= 0.3 is 0 Å². The summed E-state index contributed by atoms with van der Waals surface area (Å²) in [4.78, 5) is 3.88. The fourth-order valence-corrected chi connectivity index (χ4v) is 1.70. The normalized spacial score (nSPS) is 10.8. The SMILES string of the molecule is Brc1cc(CNCc2ncon2)oc1Br. The number of hydrogen-bond acceptors (Lipinski definition) is 5. The third kappa shape index (κ3) is 2.90. The molecule has 0 aliphatic rings. The smallest absolute Gasteiger partial charge is 0.213 e.